The normalized spacial score (nSPS) is 19.7. The second kappa shape index (κ2) is 6.78. The molecule has 1 amide bonds. The first-order valence-electron chi connectivity index (χ1n) is 8.93. The van der Waals surface area contributed by atoms with Gasteiger partial charge in [0.15, 0.2) is 5.17 Å². The molecule has 2 heterocycles. The Hall–Kier alpha value is -2.73. The van der Waals surface area contributed by atoms with Crippen LogP contribution < -0.4 is 11.1 Å². The Morgan fingerprint density at radius 3 is 2.85 bits per heavy atom. The summed E-state index contributed by atoms with van der Waals surface area (Å²) in [6, 6.07) is 15.8. The van der Waals surface area contributed by atoms with E-state index < -0.39 is 0 Å². The molecule has 1 aliphatic rings. The third-order valence-electron chi connectivity index (χ3n) is 5.05. The van der Waals surface area contributed by atoms with Crippen molar-refractivity contribution in [2.24, 2.45) is 10.7 Å². The predicted octanol–water partition coefficient (Wildman–Crippen LogP) is 4.40. The SMILES string of the molecule is Cc1cccc2cc(C(=O)Nc3cccc(C4(C)CCSC(N)=N4)c3)[nH]c12. The molecule has 0 saturated carbocycles. The second-order valence-electron chi connectivity index (χ2n) is 7.08. The minimum atomic E-state index is -0.353. The number of thioether (sulfide) groups is 1. The summed E-state index contributed by atoms with van der Waals surface area (Å²) in [7, 11) is 0. The summed E-state index contributed by atoms with van der Waals surface area (Å²) >= 11 is 1.58. The van der Waals surface area contributed by atoms with Crippen molar-refractivity contribution >= 4 is 39.4 Å². The minimum absolute atomic E-state index is 0.157. The molecule has 4 N–H and O–H groups in total. The topological polar surface area (TPSA) is 83.3 Å². The summed E-state index contributed by atoms with van der Waals surface area (Å²) < 4.78 is 0. The van der Waals surface area contributed by atoms with Crippen LogP contribution in [0.25, 0.3) is 10.9 Å². The molecule has 1 aromatic heterocycles. The lowest BCUT2D eigenvalue weighted by Crippen LogP contribution is -2.28. The molecular formula is C21H22N4OS. The van der Waals surface area contributed by atoms with Crippen LogP contribution in [0.1, 0.15) is 35.0 Å². The van der Waals surface area contributed by atoms with E-state index in [1.54, 1.807) is 11.8 Å². The Morgan fingerprint density at radius 2 is 2.07 bits per heavy atom. The zero-order chi connectivity index (χ0) is 19.0. The van der Waals surface area contributed by atoms with Gasteiger partial charge in [-0.2, -0.15) is 0 Å². The fourth-order valence-corrected chi connectivity index (χ4v) is 4.43. The summed E-state index contributed by atoms with van der Waals surface area (Å²) in [4.78, 5) is 20.6. The molecule has 1 atom stereocenters. The number of rotatable bonds is 3. The van der Waals surface area contributed by atoms with E-state index in [9.17, 15) is 4.79 Å². The van der Waals surface area contributed by atoms with Gasteiger partial charge in [0.2, 0.25) is 0 Å². The number of H-pyrrole nitrogens is 1. The monoisotopic (exact) mass is 378 g/mol. The zero-order valence-electron chi connectivity index (χ0n) is 15.4. The van der Waals surface area contributed by atoms with Crippen LogP contribution in [0.15, 0.2) is 53.5 Å². The number of amidine groups is 1. The van der Waals surface area contributed by atoms with Crippen molar-refractivity contribution in [3.05, 3.63) is 65.4 Å². The third-order valence-corrected chi connectivity index (χ3v) is 5.84. The van der Waals surface area contributed by atoms with Gasteiger partial charge in [0.25, 0.3) is 5.91 Å². The fraction of sp³-hybridized carbons (Fsp3) is 0.238. The van der Waals surface area contributed by atoms with Crippen LogP contribution in [0, 0.1) is 6.92 Å². The average molecular weight is 379 g/mol. The number of fused-ring (bicyclic) bond motifs is 1. The number of aliphatic imine (C=N–C) groups is 1. The number of carbonyl (C=O) groups excluding carboxylic acids is 1. The van der Waals surface area contributed by atoms with Gasteiger partial charge < -0.3 is 16.0 Å². The number of hydrogen-bond donors (Lipinski definition) is 3. The number of para-hydroxylation sites is 1. The minimum Gasteiger partial charge on any atom is -0.379 e. The molecule has 0 saturated heterocycles. The maximum Gasteiger partial charge on any atom is 0.272 e. The number of carbonyl (C=O) groups is 1. The molecule has 0 spiro atoms. The smallest absolute Gasteiger partial charge is 0.272 e. The molecular weight excluding hydrogens is 356 g/mol. The standard InChI is InChI=1S/C21H22N4OS/c1-13-5-3-6-14-11-17(24-18(13)14)19(26)23-16-8-4-7-15(12-16)21(2)9-10-27-20(22)25-21/h3-8,11-12,24H,9-10H2,1-2H3,(H2,22,25)(H,23,26). The maximum atomic E-state index is 12.7. The van der Waals surface area contributed by atoms with Gasteiger partial charge in [-0.25, -0.2) is 0 Å². The Balaban J connectivity index is 1.60. The van der Waals surface area contributed by atoms with E-state index in [0.29, 0.717) is 10.9 Å². The molecule has 0 bridgehead atoms. The molecule has 1 aliphatic heterocycles. The molecule has 0 aliphatic carbocycles. The lowest BCUT2D eigenvalue weighted by atomic mass is 9.89. The average Bonchev–Trinajstić information content (AvgIpc) is 3.08. The maximum absolute atomic E-state index is 12.7. The molecule has 3 aromatic rings. The number of nitrogens with one attached hydrogen (secondary N) is 2. The molecule has 2 aromatic carbocycles. The summed E-state index contributed by atoms with van der Waals surface area (Å²) in [5, 5.41) is 4.64. The highest BCUT2D eigenvalue weighted by Crippen LogP contribution is 2.35. The van der Waals surface area contributed by atoms with E-state index in [4.69, 9.17) is 5.73 Å². The van der Waals surface area contributed by atoms with Gasteiger partial charge in [-0.05, 0) is 49.6 Å². The van der Waals surface area contributed by atoms with Gasteiger partial charge in [0, 0.05) is 22.3 Å². The van der Waals surface area contributed by atoms with E-state index in [0.717, 1.165) is 39.9 Å². The van der Waals surface area contributed by atoms with Crippen molar-refractivity contribution < 1.29 is 4.79 Å². The Morgan fingerprint density at radius 1 is 1.26 bits per heavy atom. The number of benzene rings is 2. The van der Waals surface area contributed by atoms with Crippen LogP contribution in [-0.4, -0.2) is 21.8 Å². The highest BCUT2D eigenvalue weighted by Gasteiger charge is 2.29. The van der Waals surface area contributed by atoms with E-state index in [-0.39, 0.29) is 11.4 Å². The first kappa shape index (κ1) is 17.7. The lowest BCUT2D eigenvalue weighted by molar-refractivity contribution is 0.102. The van der Waals surface area contributed by atoms with E-state index >= 15 is 0 Å². The number of amides is 1. The fourth-order valence-electron chi connectivity index (χ4n) is 3.46. The molecule has 27 heavy (non-hydrogen) atoms. The van der Waals surface area contributed by atoms with Crippen LogP contribution in [-0.2, 0) is 5.54 Å². The number of hydrogen-bond acceptors (Lipinski definition) is 4. The first-order valence-corrected chi connectivity index (χ1v) is 9.91. The largest absolute Gasteiger partial charge is 0.379 e. The van der Waals surface area contributed by atoms with Crippen molar-refractivity contribution in [3.63, 3.8) is 0 Å². The second-order valence-corrected chi connectivity index (χ2v) is 8.19. The van der Waals surface area contributed by atoms with Crippen molar-refractivity contribution in [1.29, 1.82) is 0 Å². The highest BCUT2D eigenvalue weighted by molar-refractivity contribution is 8.13. The number of nitrogens with two attached hydrogens (primary N) is 1. The van der Waals surface area contributed by atoms with Crippen molar-refractivity contribution in [1.82, 2.24) is 4.98 Å². The highest BCUT2D eigenvalue weighted by atomic mass is 32.2. The van der Waals surface area contributed by atoms with E-state index in [1.807, 2.05) is 55.5 Å². The molecule has 0 fully saturated rings. The summed E-state index contributed by atoms with van der Waals surface area (Å²) in [5.74, 6) is 0.784. The van der Waals surface area contributed by atoms with Crippen molar-refractivity contribution in [2.75, 3.05) is 11.1 Å². The van der Waals surface area contributed by atoms with Crippen LogP contribution in [0.2, 0.25) is 0 Å². The van der Waals surface area contributed by atoms with Gasteiger partial charge in [-0.15, -0.1) is 0 Å². The van der Waals surface area contributed by atoms with Gasteiger partial charge in [0.1, 0.15) is 5.69 Å². The summed E-state index contributed by atoms with van der Waals surface area (Å²) in [6.45, 7) is 4.11. The summed E-state index contributed by atoms with van der Waals surface area (Å²) in [6.07, 6.45) is 0.914. The number of aromatic amines is 1. The molecule has 138 valence electrons. The van der Waals surface area contributed by atoms with Crippen LogP contribution in [0.4, 0.5) is 5.69 Å². The van der Waals surface area contributed by atoms with Crippen LogP contribution in [0.3, 0.4) is 0 Å². The lowest BCUT2D eigenvalue weighted by Gasteiger charge is -2.30. The number of nitrogens with zero attached hydrogens (tertiary/aromatic N) is 1. The Labute approximate surface area is 162 Å². The molecule has 5 nitrogen and oxygen atoms in total. The van der Waals surface area contributed by atoms with Crippen molar-refractivity contribution in [2.45, 2.75) is 25.8 Å². The number of anilines is 1. The van der Waals surface area contributed by atoms with E-state index in [1.165, 1.54) is 0 Å². The quantitative estimate of drug-likeness (QED) is 0.632. The molecule has 6 heteroatoms. The number of aryl methyl sites for hydroxylation is 1. The summed E-state index contributed by atoms with van der Waals surface area (Å²) in [5.41, 5.74) is 10.0. The van der Waals surface area contributed by atoms with E-state index in [2.05, 4.69) is 22.2 Å². The first-order chi connectivity index (χ1) is 12.9. The number of aromatic nitrogens is 1. The third kappa shape index (κ3) is 3.45. The Bertz CT molecular complexity index is 1060. The van der Waals surface area contributed by atoms with Crippen LogP contribution >= 0.6 is 11.8 Å². The van der Waals surface area contributed by atoms with Crippen LogP contribution in [0.5, 0.6) is 0 Å². The molecule has 0 radical (unpaired) electrons. The van der Waals surface area contributed by atoms with Gasteiger partial charge in [-0.3, -0.25) is 9.79 Å². The van der Waals surface area contributed by atoms with Gasteiger partial charge in [-0.1, -0.05) is 42.1 Å². The van der Waals surface area contributed by atoms with Crippen molar-refractivity contribution in [3.8, 4) is 0 Å². The molecule has 1 unspecified atom stereocenters. The van der Waals surface area contributed by atoms with Gasteiger partial charge in [0.05, 0.1) is 5.54 Å². The zero-order valence-corrected chi connectivity index (χ0v) is 16.2. The Kier molecular flexibility index (Phi) is 4.44. The predicted molar refractivity (Wildman–Crippen MR) is 113 cm³/mol. The molecule has 4 rings (SSSR count). The van der Waals surface area contributed by atoms with Gasteiger partial charge >= 0.3 is 0 Å².